The lowest BCUT2D eigenvalue weighted by atomic mass is 10.1. The molecule has 0 fully saturated rings. The fourth-order valence-electron chi connectivity index (χ4n) is 0.914. The summed E-state index contributed by atoms with van der Waals surface area (Å²) in [5.41, 5.74) is 0.704. The lowest BCUT2D eigenvalue weighted by Crippen LogP contribution is -1.96. The number of unbranched alkanes of at least 4 members (excludes halogenated alkanes) is 1. The van der Waals surface area contributed by atoms with Crippen molar-refractivity contribution in [2.45, 2.75) is 33.1 Å². The van der Waals surface area contributed by atoms with Gasteiger partial charge < -0.3 is 0 Å². The number of Topliss-reactive ketones (excluding diaryl/α,β-unsaturated/α-hetero) is 1. The standard InChI is InChI=1S/C12H18O/c1-4-7-8-9-10-11(5-2)12(13)6-3/h5,8-10H,2,4,6-7H2,1,3H3/b9-8-,11-10+. The van der Waals surface area contributed by atoms with Gasteiger partial charge in [0.2, 0.25) is 0 Å². The summed E-state index contributed by atoms with van der Waals surface area (Å²) in [4.78, 5) is 11.2. The normalized spacial score (nSPS) is 12.0. The third-order valence-electron chi connectivity index (χ3n) is 1.73. The van der Waals surface area contributed by atoms with Gasteiger partial charge in [0.05, 0.1) is 0 Å². The van der Waals surface area contributed by atoms with E-state index >= 15 is 0 Å². The Bertz CT molecular complexity index is 221. The molecule has 0 aromatic heterocycles. The van der Waals surface area contributed by atoms with Gasteiger partial charge in [-0.3, -0.25) is 4.79 Å². The van der Waals surface area contributed by atoms with E-state index in [0.717, 1.165) is 12.8 Å². The van der Waals surface area contributed by atoms with Crippen molar-refractivity contribution in [2.24, 2.45) is 0 Å². The van der Waals surface area contributed by atoms with E-state index in [0.29, 0.717) is 12.0 Å². The van der Waals surface area contributed by atoms with Gasteiger partial charge >= 0.3 is 0 Å². The molecule has 0 rings (SSSR count). The Hall–Kier alpha value is -1.11. The zero-order valence-corrected chi connectivity index (χ0v) is 8.55. The van der Waals surface area contributed by atoms with E-state index in [1.165, 1.54) is 0 Å². The van der Waals surface area contributed by atoms with E-state index in [9.17, 15) is 4.79 Å². The van der Waals surface area contributed by atoms with Crippen LogP contribution in [0.4, 0.5) is 0 Å². The van der Waals surface area contributed by atoms with Crippen LogP contribution >= 0.6 is 0 Å². The summed E-state index contributed by atoms with van der Waals surface area (Å²) in [6, 6.07) is 0. The minimum Gasteiger partial charge on any atom is -0.294 e. The molecular formula is C12H18O. The van der Waals surface area contributed by atoms with Crippen LogP contribution in [0.5, 0.6) is 0 Å². The maximum Gasteiger partial charge on any atom is 0.162 e. The predicted octanol–water partition coefficient (Wildman–Crippen LogP) is 3.43. The fourth-order valence-corrected chi connectivity index (χ4v) is 0.914. The van der Waals surface area contributed by atoms with Crippen molar-refractivity contribution < 1.29 is 4.79 Å². The fraction of sp³-hybridized carbons (Fsp3) is 0.417. The van der Waals surface area contributed by atoms with Gasteiger partial charge in [0.25, 0.3) is 0 Å². The molecule has 13 heavy (non-hydrogen) atoms. The van der Waals surface area contributed by atoms with Gasteiger partial charge in [-0.2, -0.15) is 0 Å². The second-order valence-corrected chi connectivity index (χ2v) is 2.82. The summed E-state index contributed by atoms with van der Waals surface area (Å²) in [7, 11) is 0. The van der Waals surface area contributed by atoms with Crippen molar-refractivity contribution in [2.75, 3.05) is 0 Å². The minimum atomic E-state index is 0.149. The molecule has 0 radical (unpaired) electrons. The Labute approximate surface area is 80.8 Å². The third kappa shape index (κ3) is 5.18. The quantitative estimate of drug-likeness (QED) is 0.450. The van der Waals surface area contributed by atoms with Crippen molar-refractivity contribution in [3.63, 3.8) is 0 Å². The van der Waals surface area contributed by atoms with Crippen LogP contribution in [0.15, 0.2) is 36.5 Å². The van der Waals surface area contributed by atoms with Gasteiger partial charge in [0.1, 0.15) is 0 Å². The Balaban J connectivity index is 4.22. The highest BCUT2D eigenvalue weighted by atomic mass is 16.1. The topological polar surface area (TPSA) is 17.1 Å². The number of hydrogen-bond acceptors (Lipinski definition) is 1. The molecule has 0 atom stereocenters. The second-order valence-electron chi connectivity index (χ2n) is 2.82. The first-order chi connectivity index (χ1) is 6.26. The first kappa shape index (κ1) is 11.9. The number of allylic oxidation sites excluding steroid dienone is 5. The highest BCUT2D eigenvalue weighted by Gasteiger charge is 1.99. The molecule has 1 heteroatoms. The van der Waals surface area contributed by atoms with Gasteiger partial charge in [-0.25, -0.2) is 0 Å². The molecule has 0 saturated carbocycles. The number of hydrogen-bond donors (Lipinski definition) is 0. The lowest BCUT2D eigenvalue weighted by Gasteiger charge is -1.94. The maximum absolute atomic E-state index is 11.2. The van der Waals surface area contributed by atoms with Crippen LogP contribution in [0.1, 0.15) is 33.1 Å². The Morgan fingerprint density at radius 3 is 2.54 bits per heavy atom. The monoisotopic (exact) mass is 178 g/mol. The van der Waals surface area contributed by atoms with E-state index in [1.807, 2.05) is 19.1 Å². The molecule has 0 aromatic carbocycles. The van der Waals surface area contributed by atoms with Crippen LogP contribution in [-0.4, -0.2) is 5.78 Å². The van der Waals surface area contributed by atoms with Gasteiger partial charge in [-0.1, -0.05) is 51.2 Å². The first-order valence-electron chi connectivity index (χ1n) is 4.78. The second kappa shape index (κ2) is 7.53. The average molecular weight is 178 g/mol. The smallest absolute Gasteiger partial charge is 0.162 e. The summed E-state index contributed by atoms with van der Waals surface area (Å²) in [6.07, 6.45) is 10.2. The molecule has 0 unspecified atom stereocenters. The molecule has 0 aromatic rings. The zero-order valence-electron chi connectivity index (χ0n) is 8.55. The van der Waals surface area contributed by atoms with Crippen molar-refractivity contribution in [3.8, 4) is 0 Å². The van der Waals surface area contributed by atoms with Crippen LogP contribution < -0.4 is 0 Å². The summed E-state index contributed by atoms with van der Waals surface area (Å²) >= 11 is 0. The molecule has 0 aliphatic heterocycles. The van der Waals surface area contributed by atoms with Crippen LogP contribution in [-0.2, 0) is 4.79 Å². The van der Waals surface area contributed by atoms with Gasteiger partial charge in [-0.05, 0) is 6.42 Å². The van der Waals surface area contributed by atoms with Gasteiger partial charge in [0.15, 0.2) is 5.78 Å². The van der Waals surface area contributed by atoms with Crippen LogP contribution in [0.25, 0.3) is 0 Å². The Morgan fingerprint density at radius 2 is 2.08 bits per heavy atom. The van der Waals surface area contributed by atoms with E-state index in [-0.39, 0.29) is 5.78 Å². The van der Waals surface area contributed by atoms with Crippen molar-refractivity contribution in [1.82, 2.24) is 0 Å². The molecule has 0 amide bonds. The predicted molar refractivity (Wildman–Crippen MR) is 57.6 cm³/mol. The molecule has 0 heterocycles. The van der Waals surface area contributed by atoms with Crippen molar-refractivity contribution in [1.29, 1.82) is 0 Å². The largest absolute Gasteiger partial charge is 0.294 e. The van der Waals surface area contributed by atoms with E-state index in [4.69, 9.17) is 0 Å². The van der Waals surface area contributed by atoms with Gasteiger partial charge in [-0.15, -0.1) is 0 Å². The number of carbonyl (C=O) groups is 1. The Kier molecular flexibility index (Phi) is 6.89. The minimum absolute atomic E-state index is 0.149. The molecule has 0 spiro atoms. The van der Waals surface area contributed by atoms with E-state index < -0.39 is 0 Å². The maximum atomic E-state index is 11.2. The number of ketones is 1. The van der Waals surface area contributed by atoms with Gasteiger partial charge in [0, 0.05) is 12.0 Å². The summed E-state index contributed by atoms with van der Waals surface area (Å²) in [6.45, 7) is 7.59. The molecule has 0 aliphatic rings. The number of carbonyl (C=O) groups excluding carboxylic acids is 1. The molecule has 72 valence electrons. The van der Waals surface area contributed by atoms with Crippen LogP contribution in [0.3, 0.4) is 0 Å². The van der Waals surface area contributed by atoms with E-state index in [2.05, 4.69) is 19.6 Å². The summed E-state index contributed by atoms with van der Waals surface area (Å²) < 4.78 is 0. The molecule has 0 aliphatic carbocycles. The number of rotatable bonds is 6. The van der Waals surface area contributed by atoms with Crippen molar-refractivity contribution in [3.05, 3.63) is 36.5 Å². The lowest BCUT2D eigenvalue weighted by molar-refractivity contribution is -0.114. The molecule has 1 nitrogen and oxygen atoms in total. The first-order valence-corrected chi connectivity index (χ1v) is 4.78. The van der Waals surface area contributed by atoms with Crippen LogP contribution in [0, 0.1) is 0 Å². The zero-order chi connectivity index (χ0) is 10.1. The van der Waals surface area contributed by atoms with Crippen molar-refractivity contribution >= 4 is 5.78 Å². The molecule has 0 N–H and O–H groups in total. The Morgan fingerprint density at radius 1 is 1.38 bits per heavy atom. The molecular weight excluding hydrogens is 160 g/mol. The highest BCUT2D eigenvalue weighted by molar-refractivity contribution is 5.97. The summed E-state index contributed by atoms with van der Waals surface area (Å²) in [5, 5.41) is 0. The van der Waals surface area contributed by atoms with Crippen LogP contribution in [0.2, 0.25) is 0 Å². The summed E-state index contributed by atoms with van der Waals surface area (Å²) in [5.74, 6) is 0.149. The average Bonchev–Trinajstić information content (AvgIpc) is 2.17. The molecule has 0 saturated heterocycles. The van der Waals surface area contributed by atoms with E-state index in [1.54, 1.807) is 6.08 Å². The third-order valence-corrected chi connectivity index (χ3v) is 1.73. The highest BCUT2D eigenvalue weighted by Crippen LogP contribution is 2.02. The SMILES string of the molecule is C=C/C(=C\C=C/CCC)C(=O)CC. The molecule has 0 bridgehead atoms.